The summed E-state index contributed by atoms with van der Waals surface area (Å²) >= 11 is 0. The van der Waals surface area contributed by atoms with E-state index in [9.17, 15) is 9.59 Å². The number of carbonyl (C=O) groups is 2. The fraction of sp³-hybridized carbons (Fsp3) is 0.417. The van der Waals surface area contributed by atoms with Crippen LogP contribution in [0.4, 0.5) is 5.82 Å². The number of carbonyl (C=O) groups excluding carboxylic acids is 1. The summed E-state index contributed by atoms with van der Waals surface area (Å²) in [4.78, 5) is 26.3. The molecule has 0 aliphatic heterocycles. The van der Waals surface area contributed by atoms with Crippen LogP contribution in [0.1, 0.15) is 24.2 Å². The molecule has 98 valence electrons. The van der Waals surface area contributed by atoms with Gasteiger partial charge in [-0.3, -0.25) is 0 Å². The van der Waals surface area contributed by atoms with Crippen molar-refractivity contribution in [3.8, 4) is 0 Å². The molecule has 0 radical (unpaired) electrons. The number of nitrogens with zero attached hydrogens (tertiary/aromatic N) is 1. The van der Waals surface area contributed by atoms with E-state index in [1.165, 1.54) is 25.4 Å². The number of nitrogens with one attached hydrogen (secondary N) is 1. The van der Waals surface area contributed by atoms with Crippen molar-refractivity contribution in [3.05, 3.63) is 23.9 Å². The Balaban J connectivity index is 2.90. The number of hydrogen-bond donors (Lipinski definition) is 2. The predicted molar refractivity (Wildman–Crippen MR) is 65.5 cm³/mol. The maximum atomic E-state index is 11.3. The third kappa shape index (κ3) is 3.44. The lowest BCUT2D eigenvalue weighted by atomic mass is 10.0. The maximum Gasteiger partial charge on any atom is 0.338 e. The highest BCUT2D eigenvalue weighted by atomic mass is 16.5. The molecule has 6 heteroatoms. The highest BCUT2D eigenvalue weighted by molar-refractivity contribution is 5.90. The van der Waals surface area contributed by atoms with E-state index in [0.29, 0.717) is 11.4 Å². The second-order valence-corrected chi connectivity index (χ2v) is 4.13. The number of esters is 1. The number of aromatic nitrogens is 1. The molecule has 0 aliphatic rings. The van der Waals surface area contributed by atoms with Gasteiger partial charge in [-0.25, -0.2) is 14.6 Å². The molecule has 0 fully saturated rings. The summed E-state index contributed by atoms with van der Waals surface area (Å²) in [5.74, 6) is -1.22. The molecule has 0 spiro atoms. The van der Waals surface area contributed by atoms with Crippen LogP contribution in [-0.2, 0) is 9.53 Å². The fourth-order valence-corrected chi connectivity index (χ4v) is 1.43. The molecule has 0 aromatic carbocycles. The molecule has 18 heavy (non-hydrogen) atoms. The summed E-state index contributed by atoms with van der Waals surface area (Å²) < 4.78 is 4.58. The lowest BCUT2D eigenvalue weighted by Crippen LogP contribution is -2.34. The molecule has 1 unspecified atom stereocenters. The highest BCUT2D eigenvalue weighted by Crippen LogP contribution is 2.13. The van der Waals surface area contributed by atoms with Crippen molar-refractivity contribution in [2.75, 3.05) is 12.4 Å². The molecule has 1 rings (SSSR count). The summed E-state index contributed by atoms with van der Waals surface area (Å²) in [6, 6.07) is 2.21. The molecule has 0 bridgehead atoms. The van der Waals surface area contributed by atoms with Gasteiger partial charge in [0.2, 0.25) is 0 Å². The van der Waals surface area contributed by atoms with E-state index in [1.54, 1.807) is 13.8 Å². The van der Waals surface area contributed by atoms with E-state index >= 15 is 0 Å². The van der Waals surface area contributed by atoms with Crippen LogP contribution in [0.15, 0.2) is 18.3 Å². The average molecular weight is 252 g/mol. The van der Waals surface area contributed by atoms with Crippen LogP contribution in [0.3, 0.4) is 0 Å². The summed E-state index contributed by atoms with van der Waals surface area (Å²) in [7, 11) is 1.28. The summed E-state index contributed by atoms with van der Waals surface area (Å²) in [5, 5.41) is 11.8. The normalized spacial score (nSPS) is 12.0. The fourth-order valence-electron chi connectivity index (χ4n) is 1.43. The van der Waals surface area contributed by atoms with Crippen molar-refractivity contribution >= 4 is 17.8 Å². The first-order chi connectivity index (χ1) is 8.45. The standard InChI is InChI=1S/C12H16N2O4/c1-7(2)10(11(15)16)14-9-6-8(4-5-13-9)12(17)18-3/h4-7,10H,1-3H3,(H,13,14)(H,15,16). The molecular formula is C12H16N2O4. The van der Waals surface area contributed by atoms with E-state index in [-0.39, 0.29) is 5.92 Å². The number of aliphatic carboxylic acids is 1. The monoisotopic (exact) mass is 252 g/mol. The van der Waals surface area contributed by atoms with E-state index in [0.717, 1.165) is 0 Å². The molecule has 0 saturated heterocycles. The molecule has 1 atom stereocenters. The van der Waals surface area contributed by atoms with Crippen molar-refractivity contribution in [2.45, 2.75) is 19.9 Å². The molecule has 1 aromatic rings. The van der Waals surface area contributed by atoms with Crippen molar-refractivity contribution < 1.29 is 19.4 Å². The van der Waals surface area contributed by atoms with Crippen LogP contribution in [0.5, 0.6) is 0 Å². The smallest absolute Gasteiger partial charge is 0.338 e. The van der Waals surface area contributed by atoms with Crippen LogP contribution in [-0.4, -0.2) is 35.2 Å². The van der Waals surface area contributed by atoms with Gasteiger partial charge in [0.1, 0.15) is 11.9 Å². The van der Waals surface area contributed by atoms with Gasteiger partial charge in [-0.05, 0) is 18.1 Å². The second-order valence-electron chi connectivity index (χ2n) is 4.13. The Hall–Kier alpha value is -2.11. The van der Waals surface area contributed by atoms with Crippen LogP contribution in [0.2, 0.25) is 0 Å². The molecule has 0 aliphatic carbocycles. The Morgan fingerprint density at radius 1 is 1.44 bits per heavy atom. The van der Waals surface area contributed by atoms with E-state index in [2.05, 4.69) is 15.0 Å². The van der Waals surface area contributed by atoms with E-state index in [4.69, 9.17) is 5.11 Å². The number of anilines is 1. The predicted octanol–water partition coefficient (Wildman–Crippen LogP) is 1.39. The minimum atomic E-state index is -0.963. The third-order valence-corrected chi connectivity index (χ3v) is 2.42. The molecule has 1 aromatic heterocycles. The van der Waals surface area contributed by atoms with Gasteiger partial charge in [-0.1, -0.05) is 13.8 Å². The number of carboxylic acid groups (broad SMARTS) is 1. The molecule has 1 heterocycles. The Morgan fingerprint density at radius 3 is 2.61 bits per heavy atom. The van der Waals surface area contributed by atoms with E-state index < -0.39 is 18.0 Å². The lowest BCUT2D eigenvalue weighted by molar-refractivity contribution is -0.138. The van der Waals surface area contributed by atoms with Crippen LogP contribution in [0.25, 0.3) is 0 Å². The number of carboxylic acids is 1. The van der Waals surface area contributed by atoms with Gasteiger partial charge < -0.3 is 15.2 Å². The Labute approximate surface area is 105 Å². The summed E-state index contributed by atoms with van der Waals surface area (Å²) in [5.41, 5.74) is 0.322. The summed E-state index contributed by atoms with van der Waals surface area (Å²) in [6.07, 6.45) is 1.42. The number of ether oxygens (including phenoxy) is 1. The van der Waals surface area contributed by atoms with E-state index in [1.807, 2.05) is 0 Å². The van der Waals surface area contributed by atoms with Gasteiger partial charge in [0.15, 0.2) is 0 Å². The molecule has 6 nitrogen and oxygen atoms in total. The summed E-state index contributed by atoms with van der Waals surface area (Å²) in [6.45, 7) is 3.58. The lowest BCUT2D eigenvalue weighted by Gasteiger charge is -2.18. The Kier molecular flexibility index (Phi) is 4.65. The largest absolute Gasteiger partial charge is 0.480 e. The van der Waals surface area contributed by atoms with Crippen LogP contribution < -0.4 is 5.32 Å². The van der Waals surface area contributed by atoms with Crippen molar-refractivity contribution in [1.29, 1.82) is 0 Å². The topological polar surface area (TPSA) is 88.5 Å². The zero-order valence-electron chi connectivity index (χ0n) is 10.5. The first kappa shape index (κ1) is 14.0. The van der Waals surface area contributed by atoms with Gasteiger partial charge in [-0.2, -0.15) is 0 Å². The quantitative estimate of drug-likeness (QED) is 0.770. The average Bonchev–Trinajstić information content (AvgIpc) is 2.34. The number of hydrogen-bond acceptors (Lipinski definition) is 5. The third-order valence-electron chi connectivity index (χ3n) is 2.42. The maximum absolute atomic E-state index is 11.3. The second kappa shape index (κ2) is 6.00. The van der Waals surface area contributed by atoms with Gasteiger partial charge in [-0.15, -0.1) is 0 Å². The SMILES string of the molecule is COC(=O)c1ccnc(NC(C(=O)O)C(C)C)c1. The minimum Gasteiger partial charge on any atom is -0.480 e. The van der Waals surface area contributed by atoms with Gasteiger partial charge in [0, 0.05) is 6.20 Å². The number of pyridine rings is 1. The van der Waals surface area contributed by atoms with Crippen molar-refractivity contribution in [3.63, 3.8) is 0 Å². The molecule has 0 amide bonds. The minimum absolute atomic E-state index is 0.105. The van der Waals surface area contributed by atoms with Crippen LogP contribution >= 0.6 is 0 Å². The zero-order chi connectivity index (χ0) is 13.7. The van der Waals surface area contributed by atoms with Crippen molar-refractivity contribution in [1.82, 2.24) is 4.98 Å². The first-order valence-electron chi connectivity index (χ1n) is 5.49. The first-order valence-corrected chi connectivity index (χ1v) is 5.49. The molecule has 2 N–H and O–H groups in total. The van der Waals surface area contributed by atoms with Crippen molar-refractivity contribution in [2.24, 2.45) is 5.92 Å². The van der Waals surface area contributed by atoms with Gasteiger partial charge in [0.25, 0.3) is 0 Å². The van der Waals surface area contributed by atoms with Gasteiger partial charge in [0.05, 0.1) is 12.7 Å². The van der Waals surface area contributed by atoms with Crippen LogP contribution in [0, 0.1) is 5.92 Å². The molecular weight excluding hydrogens is 236 g/mol. The molecule has 0 saturated carbocycles. The zero-order valence-corrected chi connectivity index (χ0v) is 10.5. The number of methoxy groups -OCH3 is 1. The van der Waals surface area contributed by atoms with Gasteiger partial charge >= 0.3 is 11.9 Å². The number of rotatable bonds is 5. The highest BCUT2D eigenvalue weighted by Gasteiger charge is 2.21. The Bertz CT molecular complexity index is 445. The Morgan fingerprint density at radius 2 is 2.11 bits per heavy atom.